The van der Waals surface area contributed by atoms with Gasteiger partial charge in [-0.25, -0.2) is 9.97 Å². The maximum Gasteiger partial charge on any atom is 0.225 e. The number of nitrogens with zero attached hydrogens (tertiary/aromatic N) is 3. The van der Waals surface area contributed by atoms with Gasteiger partial charge in [-0.05, 0) is 24.7 Å². The Morgan fingerprint density at radius 2 is 1.88 bits per heavy atom. The number of hydrogen-bond donors (Lipinski definition) is 1. The molecule has 1 aromatic rings. The highest BCUT2D eigenvalue weighted by molar-refractivity contribution is 5.39. The van der Waals surface area contributed by atoms with Crippen LogP contribution in [0.2, 0.25) is 0 Å². The molecule has 3 heterocycles. The zero-order chi connectivity index (χ0) is 11.7. The standard InChI is InChI=1S/C12H18N4O/c13-10-7-14-11(15-8-10)16-4-1-12(9-16)2-5-17-6-3-12/h7-8H,1-6,9,13H2. The molecule has 0 amide bonds. The summed E-state index contributed by atoms with van der Waals surface area (Å²) in [5, 5.41) is 0. The van der Waals surface area contributed by atoms with Crippen LogP contribution in [-0.4, -0.2) is 36.3 Å². The molecule has 2 fully saturated rings. The fraction of sp³-hybridized carbons (Fsp3) is 0.667. The summed E-state index contributed by atoms with van der Waals surface area (Å²) in [5.41, 5.74) is 6.65. The SMILES string of the molecule is Nc1cnc(N2CCC3(CCOCC3)C2)nc1. The summed E-state index contributed by atoms with van der Waals surface area (Å²) >= 11 is 0. The lowest BCUT2D eigenvalue weighted by molar-refractivity contribution is 0.0254. The highest BCUT2D eigenvalue weighted by Crippen LogP contribution is 2.40. The van der Waals surface area contributed by atoms with Crippen LogP contribution in [0.5, 0.6) is 0 Å². The molecule has 2 N–H and O–H groups in total. The summed E-state index contributed by atoms with van der Waals surface area (Å²) in [6.07, 6.45) is 6.91. The van der Waals surface area contributed by atoms with E-state index in [9.17, 15) is 0 Å². The molecule has 3 rings (SSSR count). The average molecular weight is 234 g/mol. The van der Waals surface area contributed by atoms with Gasteiger partial charge in [0, 0.05) is 26.3 Å². The summed E-state index contributed by atoms with van der Waals surface area (Å²) in [6, 6.07) is 0. The van der Waals surface area contributed by atoms with Gasteiger partial charge in [0.2, 0.25) is 5.95 Å². The van der Waals surface area contributed by atoms with E-state index >= 15 is 0 Å². The van der Waals surface area contributed by atoms with Gasteiger partial charge in [-0.15, -0.1) is 0 Å². The van der Waals surface area contributed by atoms with Gasteiger partial charge < -0.3 is 15.4 Å². The molecule has 5 heteroatoms. The van der Waals surface area contributed by atoms with Gasteiger partial charge in [0.1, 0.15) is 0 Å². The minimum atomic E-state index is 0.434. The predicted octanol–water partition coefficient (Wildman–Crippen LogP) is 1.07. The molecule has 5 nitrogen and oxygen atoms in total. The van der Waals surface area contributed by atoms with Crippen molar-refractivity contribution in [3.8, 4) is 0 Å². The van der Waals surface area contributed by atoms with Crippen molar-refractivity contribution in [3.05, 3.63) is 12.4 Å². The molecule has 17 heavy (non-hydrogen) atoms. The molecular weight excluding hydrogens is 216 g/mol. The van der Waals surface area contributed by atoms with Crippen molar-refractivity contribution in [2.45, 2.75) is 19.3 Å². The lowest BCUT2D eigenvalue weighted by atomic mass is 9.80. The van der Waals surface area contributed by atoms with Gasteiger partial charge in [0.15, 0.2) is 0 Å². The van der Waals surface area contributed by atoms with E-state index in [-0.39, 0.29) is 0 Å². The van der Waals surface area contributed by atoms with Crippen molar-refractivity contribution < 1.29 is 4.74 Å². The summed E-state index contributed by atoms with van der Waals surface area (Å²) in [4.78, 5) is 10.9. The normalized spacial score (nSPS) is 23.2. The molecule has 0 atom stereocenters. The van der Waals surface area contributed by atoms with E-state index < -0.39 is 0 Å². The molecule has 2 aliphatic heterocycles. The number of hydrogen-bond acceptors (Lipinski definition) is 5. The third-order valence-corrected chi connectivity index (χ3v) is 3.93. The smallest absolute Gasteiger partial charge is 0.225 e. The first kappa shape index (κ1) is 10.8. The van der Waals surface area contributed by atoms with E-state index in [2.05, 4.69) is 14.9 Å². The monoisotopic (exact) mass is 234 g/mol. The van der Waals surface area contributed by atoms with Crippen LogP contribution >= 0.6 is 0 Å². The number of ether oxygens (including phenoxy) is 1. The van der Waals surface area contributed by atoms with Gasteiger partial charge in [-0.1, -0.05) is 0 Å². The molecule has 1 aromatic heterocycles. The molecule has 2 saturated heterocycles. The minimum Gasteiger partial charge on any atom is -0.396 e. The third-order valence-electron chi connectivity index (χ3n) is 3.93. The van der Waals surface area contributed by atoms with Crippen molar-refractivity contribution in [1.29, 1.82) is 0 Å². The molecule has 92 valence electrons. The van der Waals surface area contributed by atoms with Crippen molar-refractivity contribution in [1.82, 2.24) is 9.97 Å². The lowest BCUT2D eigenvalue weighted by Gasteiger charge is -2.33. The summed E-state index contributed by atoms with van der Waals surface area (Å²) in [6.45, 7) is 3.90. The van der Waals surface area contributed by atoms with Crippen LogP contribution in [0.25, 0.3) is 0 Å². The van der Waals surface area contributed by atoms with E-state index in [0.717, 1.165) is 32.3 Å². The second-order valence-corrected chi connectivity index (χ2v) is 5.10. The number of nitrogen functional groups attached to an aromatic ring is 1. The molecular formula is C12H18N4O. The Morgan fingerprint density at radius 1 is 1.18 bits per heavy atom. The predicted molar refractivity (Wildman–Crippen MR) is 65.8 cm³/mol. The zero-order valence-electron chi connectivity index (χ0n) is 9.93. The molecule has 0 saturated carbocycles. The van der Waals surface area contributed by atoms with Crippen LogP contribution in [-0.2, 0) is 4.74 Å². The molecule has 0 aromatic carbocycles. The van der Waals surface area contributed by atoms with E-state index in [1.165, 1.54) is 19.3 Å². The Bertz CT molecular complexity index is 386. The molecule has 1 spiro atoms. The van der Waals surface area contributed by atoms with Gasteiger partial charge in [0.25, 0.3) is 0 Å². The topological polar surface area (TPSA) is 64.3 Å². The molecule has 0 bridgehead atoms. The van der Waals surface area contributed by atoms with Crippen molar-refractivity contribution in [2.75, 3.05) is 36.9 Å². The second kappa shape index (κ2) is 4.14. The zero-order valence-corrected chi connectivity index (χ0v) is 9.93. The Hall–Kier alpha value is -1.36. The quantitative estimate of drug-likeness (QED) is 0.787. The highest BCUT2D eigenvalue weighted by Gasteiger charge is 2.40. The van der Waals surface area contributed by atoms with Crippen LogP contribution in [0.3, 0.4) is 0 Å². The summed E-state index contributed by atoms with van der Waals surface area (Å²) in [5.74, 6) is 0.808. The molecule has 0 radical (unpaired) electrons. The molecule has 0 aliphatic carbocycles. The van der Waals surface area contributed by atoms with Crippen LogP contribution < -0.4 is 10.6 Å². The fourth-order valence-electron chi connectivity index (χ4n) is 2.81. The summed E-state index contributed by atoms with van der Waals surface area (Å²) in [7, 11) is 0. The molecule has 2 aliphatic rings. The first-order valence-electron chi connectivity index (χ1n) is 6.18. The Kier molecular flexibility index (Phi) is 2.63. The van der Waals surface area contributed by atoms with Crippen LogP contribution in [0.1, 0.15) is 19.3 Å². The van der Waals surface area contributed by atoms with Crippen molar-refractivity contribution in [3.63, 3.8) is 0 Å². The van der Waals surface area contributed by atoms with Crippen molar-refractivity contribution >= 4 is 11.6 Å². The largest absolute Gasteiger partial charge is 0.396 e. The van der Waals surface area contributed by atoms with Crippen LogP contribution in [0, 0.1) is 5.41 Å². The van der Waals surface area contributed by atoms with Gasteiger partial charge in [0.05, 0.1) is 18.1 Å². The van der Waals surface area contributed by atoms with Crippen LogP contribution in [0.15, 0.2) is 12.4 Å². The number of anilines is 2. The second-order valence-electron chi connectivity index (χ2n) is 5.10. The Labute approximate surface area is 101 Å². The maximum absolute atomic E-state index is 5.60. The number of rotatable bonds is 1. The fourth-order valence-corrected chi connectivity index (χ4v) is 2.81. The highest BCUT2D eigenvalue weighted by atomic mass is 16.5. The average Bonchev–Trinajstić information content (AvgIpc) is 2.75. The van der Waals surface area contributed by atoms with Gasteiger partial charge in [-0.3, -0.25) is 0 Å². The van der Waals surface area contributed by atoms with E-state index in [1.54, 1.807) is 12.4 Å². The Balaban J connectivity index is 1.72. The van der Waals surface area contributed by atoms with Crippen molar-refractivity contribution in [2.24, 2.45) is 5.41 Å². The van der Waals surface area contributed by atoms with E-state index in [1.807, 2.05) is 0 Å². The Morgan fingerprint density at radius 3 is 2.59 bits per heavy atom. The molecule has 0 unspecified atom stereocenters. The van der Waals surface area contributed by atoms with Crippen LogP contribution in [0.4, 0.5) is 11.6 Å². The summed E-state index contributed by atoms with van der Waals surface area (Å²) < 4.78 is 5.45. The minimum absolute atomic E-state index is 0.434. The first-order valence-corrected chi connectivity index (χ1v) is 6.18. The van der Waals surface area contributed by atoms with Gasteiger partial charge >= 0.3 is 0 Å². The number of nitrogens with two attached hydrogens (primary N) is 1. The maximum atomic E-state index is 5.60. The van der Waals surface area contributed by atoms with E-state index in [4.69, 9.17) is 10.5 Å². The lowest BCUT2D eigenvalue weighted by Crippen LogP contribution is -2.33. The van der Waals surface area contributed by atoms with Gasteiger partial charge in [-0.2, -0.15) is 0 Å². The third kappa shape index (κ3) is 2.07. The van der Waals surface area contributed by atoms with E-state index in [0.29, 0.717) is 11.1 Å². The first-order chi connectivity index (χ1) is 8.27. The number of aromatic nitrogens is 2.